The molecule has 0 N–H and O–H groups in total. The van der Waals surface area contributed by atoms with Crippen molar-refractivity contribution in [1.82, 2.24) is 19.8 Å². The Morgan fingerprint density at radius 2 is 2.00 bits per heavy atom. The zero-order valence-corrected chi connectivity index (χ0v) is 13.5. The summed E-state index contributed by atoms with van der Waals surface area (Å²) in [6.45, 7) is 0.297. The SMILES string of the molecule is ClC1=CC(OCc2nnc3ccc(-c4ccccc4)nn23)CC=N1. The molecule has 1 unspecified atom stereocenters. The van der Waals surface area contributed by atoms with Crippen molar-refractivity contribution in [2.24, 2.45) is 4.99 Å². The van der Waals surface area contributed by atoms with Crippen LogP contribution in [0.4, 0.5) is 0 Å². The summed E-state index contributed by atoms with van der Waals surface area (Å²) in [5.41, 5.74) is 2.59. The molecule has 0 aliphatic carbocycles. The molecular weight excluding hydrogens is 326 g/mol. The van der Waals surface area contributed by atoms with E-state index in [1.165, 1.54) is 0 Å². The summed E-state index contributed by atoms with van der Waals surface area (Å²) in [5.74, 6) is 0.648. The van der Waals surface area contributed by atoms with Crippen molar-refractivity contribution in [2.45, 2.75) is 19.1 Å². The van der Waals surface area contributed by atoms with E-state index in [1.807, 2.05) is 42.5 Å². The molecular formula is C17H14ClN5O. The van der Waals surface area contributed by atoms with Crippen LogP contribution >= 0.6 is 11.6 Å². The number of benzene rings is 1. The summed E-state index contributed by atoms with van der Waals surface area (Å²) in [6.07, 6.45) is 4.11. The Kier molecular flexibility index (Phi) is 4.06. The molecule has 1 aromatic carbocycles. The smallest absolute Gasteiger partial charge is 0.180 e. The molecule has 0 spiro atoms. The van der Waals surface area contributed by atoms with Gasteiger partial charge in [-0.05, 0) is 18.2 Å². The highest BCUT2D eigenvalue weighted by molar-refractivity contribution is 6.29. The molecule has 0 radical (unpaired) electrons. The molecule has 7 heteroatoms. The van der Waals surface area contributed by atoms with Crippen molar-refractivity contribution in [3.63, 3.8) is 0 Å². The van der Waals surface area contributed by atoms with Gasteiger partial charge in [0, 0.05) is 18.2 Å². The van der Waals surface area contributed by atoms with Crippen molar-refractivity contribution < 1.29 is 4.74 Å². The van der Waals surface area contributed by atoms with Crippen molar-refractivity contribution in [2.75, 3.05) is 0 Å². The molecule has 1 aliphatic rings. The van der Waals surface area contributed by atoms with Crippen LogP contribution in [0.1, 0.15) is 12.2 Å². The maximum Gasteiger partial charge on any atom is 0.180 e. The van der Waals surface area contributed by atoms with Gasteiger partial charge in [-0.3, -0.25) is 0 Å². The van der Waals surface area contributed by atoms with Crippen LogP contribution < -0.4 is 0 Å². The molecule has 1 atom stereocenters. The van der Waals surface area contributed by atoms with Gasteiger partial charge in [0.2, 0.25) is 0 Å². The van der Waals surface area contributed by atoms with Crippen molar-refractivity contribution in [3.05, 3.63) is 59.5 Å². The summed E-state index contributed by atoms with van der Waals surface area (Å²) < 4.78 is 7.55. The largest absolute Gasteiger partial charge is 0.366 e. The highest BCUT2D eigenvalue weighted by Crippen LogP contribution is 2.18. The molecule has 0 saturated heterocycles. The highest BCUT2D eigenvalue weighted by atomic mass is 35.5. The number of aliphatic imine (C=N–C) groups is 1. The third-order valence-corrected chi connectivity index (χ3v) is 3.92. The van der Waals surface area contributed by atoms with Crippen molar-refractivity contribution in [1.29, 1.82) is 0 Å². The van der Waals surface area contributed by atoms with Gasteiger partial charge in [-0.2, -0.15) is 9.61 Å². The average molecular weight is 340 g/mol. The average Bonchev–Trinajstić information content (AvgIpc) is 3.03. The van der Waals surface area contributed by atoms with E-state index in [0.29, 0.717) is 29.7 Å². The van der Waals surface area contributed by atoms with Gasteiger partial charge in [0.15, 0.2) is 11.5 Å². The molecule has 3 heterocycles. The normalized spacial score (nSPS) is 17.2. The van der Waals surface area contributed by atoms with Gasteiger partial charge in [-0.15, -0.1) is 10.2 Å². The van der Waals surface area contributed by atoms with E-state index in [0.717, 1.165) is 11.3 Å². The molecule has 6 nitrogen and oxygen atoms in total. The summed E-state index contributed by atoms with van der Waals surface area (Å²) in [7, 11) is 0. The first-order valence-corrected chi connectivity index (χ1v) is 7.95. The minimum absolute atomic E-state index is 0.111. The Labute approximate surface area is 143 Å². The van der Waals surface area contributed by atoms with Crippen LogP contribution in [0, 0.1) is 0 Å². The standard InChI is InChI=1S/C17H14ClN5O/c18-15-10-13(8-9-19-15)24-11-17-21-20-16-7-6-14(22-23(16)17)12-4-2-1-3-5-12/h1-7,9-10,13H,8,11H2. The fourth-order valence-corrected chi connectivity index (χ4v) is 2.70. The number of fused-ring (bicyclic) bond motifs is 1. The second kappa shape index (κ2) is 6.51. The van der Waals surface area contributed by atoms with Crippen molar-refractivity contribution in [3.8, 4) is 11.3 Å². The zero-order chi connectivity index (χ0) is 16.4. The van der Waals surface area contributed by atoms with Crippen LogP contribution in [0.25, 0.3) is 16.9 Å². The van der Waals surface area contributed by atoms with Gasteiger partial charge in [-0.25, -0.2) is 4.99 Å². The first-order chi connectivity index (χ1) is 11.8. The molecule has 0 fully saturated rings. The highest BCUT2D eigenvalue weighted by Gasteiger charge is 2.13. The number of hydrogen-bond acceptors (Lipinski definition) is 5. The number of aromatic nitrogens is 4. The molecule has 4 rings (SSSR count). The first kappa shape index (κ1) is 15.0. The third-order valence-electron chi connectivity index (χ3n) is 3.70. The van der Waals surface area contributed by atoms with E-state index in [2.05, 4.69) is 20.3 Å². The quantitative estimate of drug-likeness (QED) is 0.684. The Morgan fingerprint density at radius 3 is 2.83 bits per heavy atom. The van der Waals surface area contributed by atoms with Crippen LogP contribution in [0.15, 0.2) is 58.7 Å². The Bertz CT molecular complexity index is 919. The van der Waals surface area contributed by atoms with Gasteiger partial charge in [0.05, 0.1) is 11.8 Å². The molecule has 0 amide bonds. The van der Waals surface area contributed by atoms with Gasteiger partial charge in [-0.1, -0.05) is 41.9 Å². The van der Waals surface area contributed by atoms with Crippen LogP contribution in [0.2, 0.25) is 0 Å². The lowest BCUT2D eigenvalue weighted by atomic mass is 10.1. The lowest BCUT2D eigenvalue weighted by Crippen LogP contribution is -2.14. The fraction of sp³-hybridized carbons (Fsp3) is 0.176. The summed E-state index contributed by atoms with van der Waals surface area (Å²) in [4.78, 5) is 4.00. The van der Waals surface area contributed by atoms with Gasteiger partial charge in [0.25, 0.3) is 0 Å². The van der Waals surface area contributed by atoms with E-state index in [1.54, 1.807) is 16.8 Å². The zero-order valence-electron chi connectivity index (χ0n) is 12.7. The van der Waals surface area contributed by atoms with Crippen LogP contribution in [0.3, 0.4) is 0 Å². The number of rotatable bonds is 4. The molecule has 2 aromatic heterocycles. The van der Waals surface area contributed by atoms with Gasteiger partial charge < -0.3 is 4.74 Å². The number of hydrogen-bond donors (Lipinski definition) is 0. The van der Waals surface area contributed by atoms with E-state index >= 15 is 0 Å². The van der Waals surface area contributed by atoms with Crippen LogP contribution in [0.5, 0.6) is 0 Å². The molecule has 24 heavy (non-hydrogen) atoms. The minimum atomic E-state index is -0.111. The minimum Gasteiger partial charge on any atom is -0.366 e. The van der Waals surface area contributed by atoms with E-state index in [9.17, 15) is 0 Å². The maximum atomic E-state index is 5.89. The third kappa shape index (κ3) is 3.06. The summed E-state index contributed by atoms with van der Waals surface area (Å²) in [6, 6.07) is 13.8. The molecule has 3 aromatic rings. The lowest BCUT2D eigenvalue weighted by molar-refractivity contribution is 0.0706. The predicted octanol–water partition coefficient (Wildman–Crippen LogP) is 3.23. The Balaban J connectivity index is 1.58. The topological polar surface area (TPSA) is 64.7 Å². The fourth-order valence-electron chi connectivity index (χ4n) is 2.49. The number of nitrogens with zero attached hydrogens (tertiary/aromatic N) is 5. The summed E-state index contributed by atoms with van der Waals surface area (Å²) >= 11 is 5.89. The van der Waals surface area contributed by atoms with Crippen LogP contribution in [-0.2, 0) is 11.3 Å². The van der Waals surface area contributed by atoms with Gasteiger partial charge in [0.1, 0.15) is 11.8 Å². The summed E-state index contributed by atoms with van der Waals surface area (Å²) in [5, 5.41) is 13.4. The molecule has 1 aliphatic heterocycles. The lowest BCUT2D eigenvalue weighted by Gasteiger charge is -2.14. The van der Waals surface area contributed by atoms with Gasteiger partial charge >= 0.3 is 0 Å². The van der Waals surface area contributed by atoms with E-state index < -0.39 is 0 Å². The monoisotopic (exact) mass is 339 g/mol. The van der Waals surface area contributed by atoms with Crippen molar-refractivity contribution >= 4 is 23.5 Å². The Hall–Kier alpha value is -2.57. The predicted molar refractivity (Wildman–Crippen MR) is 91.8 cm³/mol. The molecule has 120 valence electrons. The maximum absolute atomic E-state index is 5.89. The van der Waals surface area contributed by atoms with Crippen LogP contribution in [-0.4, -0.2) is 32.1 Å². The molecule has 0 saturated carbocycles. The molecule has 0 bridgehead atoms. The number of halogens is 1. The van der Waals surface area contributed by atoms with E-state index in [-0.39, 0.29) is 6.10 Å². The second-order valence-corrected chi connectivity index (χ2v) is 5.74. The second-order valence-electron chi connectivity index (χ2n) is 5.36. The first-order valence-electron chi connectivity index (χ1n) is 7.58. The van der Waals surface area contributed by atoms with E-state index in [4.69, 9.17) is 16.3 Å². The number of ether oxygens (including phenoxy) is 1. The Morgan fingerprint density at radius 1 is 1.12 bits per heavy atom.